The van der Waals surface area contributed by atoms with Gasteiger partial charge in [-0.2, -0.15) is 0 Å². The Bertz CT molecular complexity index is 872. The molecule has 0 amide bonds. The van der Waals surface area contributed by atoms with Crippen LogP contribution in [-0.2, 0) is 5.60 Å². The lowest BCUT2D eigenvalue weighted by molar-refractivity contribution is -0.385. The number of nitrogens with zero attached hydrogens (tertiary/aromatic N) is 2. The van der Waals surface area contributed by atoms with E-state index in [9.17, 15) is 15.2 Å². The van der Waals surface area contributed by atoms with Crippen LogP contribution >= 0.6 is 11.6 Å². The van der Waals surface area contributed by atoms with Crippen molar-refractivity contribution in [3.8, 4) is 11.5 Å². The maximum atomic E-state index is 11.2. The van der Waals surface area contributed by atoms with Crippen LogP contribution in [0.4, 0.5) is 11.4 Å². The minimum atomic E-state index is -1.01. The van der Waals surface area contributed by atoms with Crippen molar-refractivity contribution in [1.29, 1.82) is 0 Å². The Kier molecular flexibility index (Phi) is 5.67. The molecule has 0 spiro atoms. The van der Waals surface area contributed by atoms with Crippen LogP contribution in [0.1, 0.15) is 24.0 Å². The van der Waals surface area contributed by atoms with Crippen LogP contribution in [0.2, 0.25) is 5.02 Å². The van der Waals surface area contributed by atoms with E-state index >= 15 is 0 Å². The summed E-state index contributed by atoms with van der Waals surface area (Å²) in [4.78, 5) is 12.7. The summed E-state index contributed by atoms with van der Waals surface area (Å²) in [6.07, 6.45) is 0.964. The number of anilines is 1. The van der Waals surface area contributed by atoms with E-state index < -0.39 is 10.5 Å². The van der Waals surface area contributed by atoms with E-state index in [1.807, 2.05) is 17.0 Å². The zero-order valence-electron chi connectivity index (χ0n) is 16.1. The lowest BCUT2D eigenvalue weighted by Gasteiger charge is -2.40. The van der Waals surface area contributed by atoms with Gasteiger partial charge in [-0.15, -0.1) is 0 Å². The van der Waals surface area contributed by atoms with Crippen molar-refractivity contribution in [2.75, 3.05) is 32.2 Å². The molecule has 0 aliphatic carbocycles. The minimum absolute atomic E-state index is 0.00531. The summed E-state index contributed by atoms with van der Waals surface area (Å²) in [7, 11) is 3.15. The Morgan fingerprint density at radius 1 is 1.11 bits per heavy atom. The molecule has 1 N–H and O–H groups in total. The van der Waals surface area contributed by atoms with E-state index in [0.29, 0.717) is 48.0 Å². The first kappa shape index (κ1) is 20.2. The van der Waals surface area contributed by atoms with Gasteiger partial charge in [0.15, 0.2) is 0 Å². The average molecular weight is 407 g/mol. The molecule has 0 bridgehead atoms. The van der Waals surface area contributed by atoms with E-state index in [-0.39, 0.29) is 5.69 Å². The normalized spacial score (nSPS) is 16.0. The van der Waals surface area contributed by atoms with Crippen LogP contribution in [0.25, 0.3) is 0 Å². The van der Waals surface area contributed by atoms with Crippen molar-refractivity contribution >= 4 is 23.0 Å². The predicted octanol–water partition coefficient (Wildman–Crippen LogP) is 4.06. The highest BCUT2D eigenvalue weighted by Crippen LogP contribution is 2.40. The molecule has 3 rings (SSSR count). The molecule has 1 saturated heterocycles. The highest BCUT2D eigenvalue weighted by molar-refractivity contribution is 6.33. The summed E-state index contributed by atoms with van der Waals surface area (Å²) in [6.45, 7) is 2.82. The summed E-state index contributed by atoms with van der Waals surface area (Å²) in [5.74, 6) is 1.25. The van der Waals surface area contributed by atoms with Gasteiger partial charge in [0.05, 0.1) is 35.5 Å². The first-order chi connectivity index (χ1) is 13.3. The third kappa shape index (κ3) is 3.86. The van der Waals surface area contributed by atoms with Crippen LogP contribution < -0.4 is 14.4 Å². The van der Waals surface area contributed by atoms with Crippen LogP contribution in [0.3, 0.4) is 0 Å². The highest BCUT2D eigenvalue weighted by Gasteiger charge is 2.35. The molecule has 8 heteroatoms. The van der Waals surface area contributed by atoms with Crippen molar-refractivity contribution in [2.45, 2.75) is 25.4 Å². The number of hydrogen-bond donors (Lipinski definition) is 1. The monoisotopic (exact) mass is 406 g/mol. The Morgan fingerprint density at radius 2 is 1.68 bits per heavy atom. The first-order valence-corrected chi connectivity index (χ1v) is 9.30. The molecule has 0 atom stereocenters. The number of nitro benzene ring substituents is 1. The fraction of sp³-hybridized carbons (Fsp3) is 0.400. The Hall–Kier alpha value is -2.51. The fourth-order valence-corrected chi connectivity index (χ4v) is 3.85. The number of halogens is 1. The molecule has 0 aromatic heterocycles. The molecule has 2 aromatic carbocycles. The topological polar surface area (TPSA) is 85.1 Å². The zero-order valence-corrected chi connectivity index (χ0v) is 16.8. The van der Waals surface area contributed by atoms with E-state index in [2.05, 4.69) is 0 Å². The van der Waals surface area contributed by atoms with Crippen LogP contribution in [0.5, 0.6) is 11.5 Å². The van der Waals surface area contributed by atoms with Crippen LogP contribution in [0.15, 0.2) is 30.3 Å². The molecular formula is C20H23ClN2O5. The smallest absolute Gasteiger partial charge is 0.273 e. The van der Waals surface area contributed by atoms with Gasteiger partial charge in [-0.25, -0.2) is 0 Å². The number of ether oxygens (including phenoxy) is 2. The molecule has 1 heterocycles. The molecule has 28 heavy (non-hydrogen) atoms. The van der Waals surface area contributed by atoms with Crippen LogP contribution in [-0.4, -0.2) is 37.3 Å². The quantitative estimate of drug-likeness (QED) is 0.595. The third-order valence-corrected chi connectivity index (χ3v) is 5.58. The number of nitro groups is 1. The lowest BCUT2D eigenvalue weighted by atomic mass is 9.84. The van der Waals surface area contributed by atoms with Gasteiger partial charge in [-0.1, -0.05) is 11.6 Å². The first-order valence-electron chi connectivity index (χ1n) is 8.93. The molecule has 0 radical (unpaired) electrons. The van der Waals surface area contributed by atoms with Gasteiger partial charge in [-0.05, 0) is 43.5 Å². The minimum Gasteiger partial charge on any atom is -0.497 e. The summed E-state index contributed by atoms with van der Waals surface area (Å²) >= 11 is 6.30. The van der Waals surface area contributed by atoms with Gasteiger partial charge in [-0.3, -0.25) is 10.1 Å². The predicted molar refractivity (Wildman–Crippen MR) is 108 cm³/mol. The summed E-state index contributed by atoms with van der Waals surface area (Å²) < 4.78 is 10.6. The van der Waals surface area contributed by atoms with Crippen molar-refractivity contribution in [1.82, 2.24) is 0 Å². The number of benzene rings is 2. The number of piperidine rings is 1. The number of hydrogen-bond acceptors (Lipinski definition) is 6. The molecule has 1 aliphatic rings. The molecule has 7 nitrogen and oxygen atoms in total. The third-order valence-electron chi connectivity index (χ3n) is 5.28. The lowest BCUT2D eigenvalue weighted by Crippen LogP contribution is -2.42. The maximum Gasteiger partial charge on any atom is 0.273 e. The molecule has 0 unspecified atom stereocenters. The van der Waals surface area contributed by atoms with E-state index in [0.717, 1.165) is 11.3 Å². The van der Waals surface area contributed by atoms with Crippen molar-refractivity contribution in [2.24, 2.45) is 0 Å². The number of aryl methyl sites for hydroxylation is 1. The molecule has 2 aromatic rings. The molecule has 1 aliphatic heterocycles. The second-order valence-corrected chi connectivity index (χ2v) is 7.37. The number of aliphatic hydroxyl groups is 1. The summed E-state index contributed by atoms with van der Waals surface area (Å²) in [6, 6.07) is 8.53. The second kappa shape index (κ2) is 7.85. The van der Waals surface area contributed by atoms with Gasteiger partial charge in [0.2, 0.25) is 0 Å². The van der Waals surface area contributed by atoms with E-state index in [1.165, 1.54) is 6.07 Å². The van der Waals surface area contributed by atoms with Gasteiger partial charge in [0.25, 0.3) is 5.69 Å². The molecule has 150 valence electrons. The average Bonchev–Trinajstić information content (AvgIpc) is 2.69. The summed E-state index contributed by atoms with van der Waals surface area (Å²) in [5, 5.41) is 22.7. The van der Waals surface area contributed by atoms with Gasteiger partial charge < -0.3 is 19.5 Å². The standard InChI is InChI=1S/C20H23ClN2O5/c1-13-8-19(17(21)12-18(13)23(25)26)22-6-4-20(24,5-7-22)14-9-15(27-2)11-16(10-14)28-3/h8-12,24H,4-7H2,1-3H3. The molecular weight excluding hydrogens is 384 g/mol. The van der Waals surface area contributed by atoms with Gasteiger partial charge in [0, 0.05) is 30.8 Å². The number of methoxy groups -OCH3 is 2. The van der Waals surface area contributed by atoms with Gasteiger partial charge >= 0.3 is 0 Å². The largest absolute Gasteiger partial charge is 0.497 e. The molecule has 1 fully saturated rings. The van der Waals surface area contributed by atoms with Crippen molar-refractivity contribution < 1.29 is 19.5 Å². The van der Waals surface area contributed by atoms with Crippen molar-refractivity contribution in [3.05, 3.63) is 56.6 Å². The van der Waals surface area contributed by atoms with E-state index in [4.69, 9.17) is 21.1 Å². The van der Waals surface area contributed by atoms with Crippen LogP contribution in [0, 0.1) is 17.0 Å². The second-order valence-electron chi connectivity index (χ2n) is 6.97. The zero-order chi connectivity index (χ0) is 20.5. The highest BCUT2D eigenvalue weighted by atomic mass is 35.5. The molecule has 0 saturated carbocycles. The number of rotatable bonds is 5. The summed E-state index contributed by atoms with van der Waals surface area (Å²) in [5.41, 5.74) is 1.04. The Morgan fingerprint density at radius 3 is 2.18 bits per heavy atom. The Balaban J connectivity index is 1.83. The maximum absolute atomic E-state index is 11.2. The fourth-order valence-electron chi connectivity index (χ4n) is 3.58. The Labute approximate surface area is 168 Å². The van der Waals surface area contributed by atoms with E-state index in [1.54, 1.807) is 33.3 Å². The van der Waals surface area contributed by atoms with Crippen molar-refractivity contribution in [3.63, 3.8) is 0 Å². The SMILES string of the molecule is COc1cc(OC)cc(C2(O)CCN(c3cc(C)c([N+](=O)[O-])cc3Cl)CC2)c1. The van der Waals surface area contributed by atoms with Gasteiger partial charge in [0.1, 0.15) is 11.5 Å².